The molecule has 2 nitrogen and oxygen atoms in total. The van der Waals surface area contributed by atoms with E-state index in [4.69, 9.17) is 4.74 Å². The third-order valence-electron chi connectivity index (χ3n) is 2.28. The van der Waals surface area contributed by atoms with Gasteiger partial charge >= 0.3 is 0 Å². The average Bonchev–Trinajstić information content (AvgIpc) is 2.27. The summed E-state index contributed by atoms with van der Waals surface area (Å²) in [6.45, 7) is 3.16. The maximum atomic E-state index is 5.22. The molecule has 1 atom stereocenters. The molecular weight excluding hydrogens is 138 g/mol. The first-order valence-electron chi connectivity index (χ1n) is 4.46. The number of aliphatic imine (C=N–C) groups is 1. The standard InChI is InChI=1S/C9H17NO/c1-3-8-6-4-5-7-10-9(8)11-2/h8H,3-7H2,1-2H3. The van der Waals surface area contributed by atoms with Crippen molar-refractivity contribution < 1.29 is 4.74 Å². The van der Waals surface area contributed by atoms with Crippen molar-refractivity contribution in [3.63, 3.8) is 0 Å². The summed E-state index contributed by atoms with van der Waals surface area (Å²) >= 11 is 0. The van der Waals surface area contributed by atoms with Gasteiger partial charge in [-0.05, 0) is 19.3 Å². The highest BCUT2D eigenvalue weighted by Crippen LogP contribution is 2.18. The number of hydrogen-bond donors (Lipinski definition) is 0. The number of hydrogen-bond acceptors (Lipinski definition) is 2. The molecule has 2 heteroatoms. The lowest BCUT2D eigenvalue weighted by atomic mass is 10.0. The van der Waals surface area contributed by atoms with E-state index in [1.54, 1.807) is 7.11 Å². The topological polar surface area (TPSA) is 21.6 Å². The Morgan fingerprint density at radius 3 is 3.00 bits per heavy atom. The van der Waals surface area contributed by atoms with Crippen LogP contribution in [-0.4, -0.2) is 19.6 Å². The minimum absolute atomic E-state index is 0.586. The molecule has 0 amide bonds. The zero-order valence-corrected chi connectivity index (χ0v) is 7.47. The molecule has 1 aliphatic rings. The van der Waals surface area contributed by atoms with E-state index in [9.17, 15) is 0 Å². The van der Waals surface area contributed by atoms with Crippen molar-refractivity contribution in [2.75, 3.05) is 13.7 Å². The number of nitrogens with zero attached hydrogens (tertiary/aromatic N) is 1. The van der Waals surface area contributed by atoms with Gasteiger partial charge in [-0.1, -0.05) is 13.3 Å². The van der Waals surface area contributed by atoms with Gasteiger partial charge in [0.25, 0.3) is 0 Å². The molecule has 11 heavy (non-hydrogen) atoms. The largest absolute Gasteiger partial charge is 0.484 e. The highest BCUT2D eigenvalue weighted by molar-refractivity contribution is 5.78. The Labute approximate surface area is 68.7 Å². The first kappa shape index (κ1) is 8.57. The highest BCUT2D eigenvalue weighted by atomic mass is 16.5. The zero-order chi connectivity index (χ0) is 8.10. The van der Waals surface area contributed by atoms with E-state index in [-0.39, 0.29) is 0 Å². The molecule has 1 rings (SSSR count). The molecule has 0 aromatic rings. The molecular formula is C9H17NO. The van der Waals surface area contributed by atoms with Crippen molar-refractivity contribution in [3.05, 3.63) is 0 Å². The molecule has 0 N–H and O–H groups in total. The fraction of sp³-hybridized carbons (Fsp3) is 0.889. The van der Waals surface area contributed by atoms with Crippen LogP contribution in [-0.2, 0) is 4.74 Å². The van der Waals surface area contributed by atoms with Crippen molar-refractivity contribution in [2.24, 2.45) is 10.9 Å². The summed E-state index contributed by atoms with van der Waals surface area (Å²) in [5.74, 6) is 1.56. The van der Waals surface area contributed by atoms with E-state index in [1.807, 2.05) is 0 Å². The number of ether oxygens (including phenoxy) is 1. The maximum absolute atomic E-state index is 5.22. The van der Waals surface area contributed by atoms with Crippen LogP contribution < -0.4 is 0 Å². The van der Waals surface area contributed by atoms with Crippen LogP contribution >= 0.6 is 0 Å². The lowest BCUT2D eigenvalue weighted by Gasteiger charge is -2.12. The SMILES string of the molecule is CCC1CCCCN=C1OC. The molecule has 0 fully saturated rings. The van der Waals surface area contributed by atoms with Gasteiger partial charge in [-0.2, -0.15) is 0 Å². The van der Waals surface area contributed by atoms with E-state index >= 15 is 0 Å². The molecule has 0 spiro atoms. The van der Waals surface area contributed by atoms with Gasteiger partial charge in [-0.25, -0.2) is 0 Å². The van der Waals surface area contributed by atoms with Gasteiger partial charge in [-0.15, -0.1) is 0 Å². The van der Waals surface area contributed by atoms with Crippen LogP contribution in [0.2, 0.25) is 0 Å². The van der Waals surface area contributed by atoms with Crippen molar-refractivity contribution in [1.29, 1.82) is 0 Å². The van der Waals surface area contributed by atoms with Gasteiger partial charge in [0.1, 0.15) is 0 Å². The fourth-order valence-corrected chi connectivity index (χ4v) is 1.55. The monoisotopic (exact) mass is 155 g/mol. The van der Waals surface area contributed by atoms with Crippen LogP contribution in [0.5, 0.6) is 0 Å². The van der Waals surface area contributed by atoms with Gasteiger partial charge < -0.3 is 4.74 Å². The lowest BCUT2D eigenvalue weighted by Crippen LogP contribution is -2.14. The second kappa shape index (κ2) is 4.37. The fourth-order valence-electron chi connectivity index (χ4n) is 1.55. The summed E-state index contributed by atoms with van der Waals surface area (Å²) in [7, 11) is 1.73. The van der Waals surface area contributed by atoms with Crippen molar-refractivity contribution >= 4 is 5.90 Å². The van der Waals surface area contributed by atoms with E-state index in [0.29, 0.717) is 5.92 Å². The Morgan fingerprint density at radius 1 is 1.55 bits per heavy atom. The lowest BCUT2D eigenvalue weighted by molar-refractivity contribution is 0.356. The van der Waals surface area contributed by atoms with Crippen molar-refractivity contribution in [2.45, 2.75) is 32.6 Å². The molecule has 0 aliphatic carbocycles. The van der Waals surface area contributed by atoms with Crippen LogP contribution in [0.1, 0.15) is 32.6 Å². The average molecular weight is 155 g/mol. The molecule has 0 saturated heterocycles. The quantitative estimate of drug-likeness (QED) is 0.569. The summed E-state index contributed by atoms with van der Waals surface area (Å²) in [6.07, 6.45) is 4.94. The first-order valence-corrected chi connectivity index (χ1v) is 4.46. The Balaban J connectivity index is 2.56. The molecule has 1 unspecified atom stereocenters. The predicted octanol–water partition coefficient (Wildman–Crippen LogP) is 2.24. The van der Waals surface area contributed by atoms with Crippen LogP contribution in [0.3, 0.4) is 0 Å². The Bertz CT molecular complexity index is 142. The summed E-state index contributed by atoms with van der Waals surface area (Å²) in [5, 5.41) is 0. The van der Waals surface area contributed by atoms with Gasteiger partial charge in [0.05, 0.1) is 7.11 Å². The van der Waals surface area contributed by atoms with Gasteiger partial charge in [-0.3, -0.25) is 4.99 Å². The summed E-state index contributed by atoms with van der Waals surface area (Å²) in [4.78, 5) is 4.39. The van der Waals surface area contributed by atoms with E-state index in [0.717, 1.165) is 18.9 Å². The molecule has 64 valence electrons. The Kier molecular flexibility index (Phi) is 3.40. The van der Waals surface area contributed by atoms with Crippen LogP contribution in [0, 0.1) is 5.92 Å². The zero-order valence-electron chi connectivity index (χ0n) is 7.47. The normalized spacial score (nSPS) is 25.6. The molecule has 1 heterocycles. The highest BCUT2D eigenvalue weighted by Gasteiger charge is 2.16. The first-order chi connectivity index (χ1) is 5.38. The van der Waals surface area contributed by atoms with Crippen LogP contribution in [0.4, 0.5) is 0 Å². The van der Waals surface area contributed by atoms with E-state index in [1.165, 1.54) is 19.3 Å². The van der Waals surface area contributed by atoms with Crippen molar-refractivity contribution in [3.8, 4) is 0 Å². The summed E-state index contributed by atoms with van der Waals surface area (Å²) < 4.78 is 5.22. The van der Waals surface area contributed by atoms with Crippen LogP contribution in [0.15, 0.2) is 4.99 Å². The molecule has 0 saturated carbocycles. The van der Waals surface area contributed by atoms with E-state index < -0.39 is 0 Å². The maximum Gasteiger partial charge on any atom is 0.186 e. The third kappa shape index (κ3) is 2.21. The molecule has 0 aromatic carbocycles. The smallest absolute Gasteiger partial charge is 0.186 e. The number of methoxy groups -OCH3 is 1. The predicted molar refractivity (Wildman–Crippen MR) is 46.9 cm³/mol. The Morgan fingerprint density at radius 2 is 2.36 bits per heavy atom. The molecule has 0 aromatic heterocycles. The van der Waals surface area contributed by atoms with Gasteiger partial charge in [0, 0.05) is 12.5 Å². The second-order valence-electron chi connectivity index (χ2n) is 3.03. The second-order valence-corrected chi connectivity index (χ2v) is 3.03. The summed E-state index contributed by atoms with van der Waals surface area (Å²) in [5.41, 5.74) is 0. The minimum atomic E-state index is 0.586. The van der Waals surface area contributed by atoms with Crippen LogP contribution in [0.25, 0.3) is 0 Å². The minimum Gasteiger partial charge on any atom is -0.484 e. The summed E-state index contributed by atoms with van der Waals surface area (Å²) in [6, 6.07) is 0. The molecule has 1 aliphatic heterocycles. The molecule has 0 radical (unpaired) electrons. The molecule has 0 bridgehead atoms. The number of rotatable bonds is 1. The Hall–Kier alpha value is -0.530. The van der Waals surface area contributed by atoms with Gasteiger partial charge in [0.2, 0.25) is 0 Å². The van der Waals surface area contributed by atoms with Gasteiger partial charge in [0.15, 0.2) is 5.90 Å². The third-order valence-corrected chi connectivity index (χ3v) is 2.28. The van der Waals surface area contributed by atoms with E-state index in [2.05, 4.69) is 11.9 Å². The van der Waals surface area contributed by atoms with Crippen molar-refractivity contribution in [1.82, 2.24) is 0 Å².